The molecule has 0 aliphatic heterocycles. The standard InChI is InChI=1S/C18H13BrO4S2/c1-11-5-2-3-8-14(11)12-6-4-7-13(9-12)25(22,23)16-10-15(18(20)21)24-17(16)19/h2-10H,1H3,(H,20,21). The van der Waals surface area contributed by atoms with Gasteiger partial charge in [-0.3, -0.25) is 0 Å². The molecule has 0 radical (unpaired) electrons. The van der Waals surface area contributed by atoms with Crippen LogP contribution in [0, 0.1) is 6.92 Å². The summed E-state index contributed by atoms with van der Waals surface area (Å²) in [7, 11) is -3.83. The van der Waals surface area contributed by atoms with Gasteiger partial charge in [0.15, 0.2) is 0 Å². The summed E-state index contributed by atoms with van der Waals surface area (Å²) < 4.78 is 26.2. The van der Waals surface area contributed by atoms with Crippen LogP contribution in [-0.4, -0.2) is 19.5 Å². The Hall–Kier alpha value is -1.96. The number of sulfone groups is 1. The van der Waals surface area contributed by atoms with Gasteiger partial charge >= 0.3 is 5.97 Å². The van der Waals surface area contributed by atoms with Crippen LogP contribution in [0.2, 0.25) is 0 Å². The highest BCUT2D eigenvalue weighted by Crippen LogP contribution is 2.36. The lowest BCUT2D eigenvalue weighted by molar-refractivity contribution is 0.0702. The van der Waals surface area contributed by atoms with Gasteiger partial charge in [0.25, 0.3) is 0 Å². The number of hydrogen-bond acceptors (Lipinski definition) is 4. The summed E-state index contributed by atoms with van der Waals surface area (Å²) in [5, 5.41) is 9.08. The maximum Gasteiger partial charge on any atom is 0.345 e. The zero-order chi connectivity index (χ0) is 18.2. The van der Waals surface area contributed by atoms with Crippen LogP contribution in [0.4, 0.5) is 0 Å². The fraction of sp³-hybridized carbons (Fsp3) is 0.0556. The molecule has 0 unspecified atom stereocenters. The Morgan fingerprint density at radius 2 is 1.80 bits per heavy atom. The monoisotopic (exact) mass is 436 g/mol. The minimum Gasteiger partial charge on any atom is -0.477 e. The first kappa shape index (κ1) is 17.8. The van der Waals surface area contributed by atoms with Gasteiger partial charge in [-0.1, -0.05) is 36.4 Å². The fourth-order valence-electron chi connectivity index (χ4n) is 2.50. The molecule has 0 aliphatic rings. The number of aromatic carboxylic acids is 1. The van der Waals surface area contributed by atoms with Crippen LogP contribution in [0.5, 0.6) is 0 Å². The molecule has 3 rings (SSSR count). The van der Waals surface area contributed by atoms with Crippen molar-refractivity contribution < 1.29 is 18.3 Å². The summed E-state index contributed by atoms with van der Waals surface area (Å²) in [6.45, 7) is 1.96. The summed E-state index contributed by atoms with van der Waals surface area (Å²) >= 11 is 4.05. The van der Waals surface area contributed by atoms with E-state index >= 15 is 0 Å². The number of aryl methyl sites for hydroxylation is 1. The third kappa shape index (κ3) is 3.40. The van der Waals surface area contributed by atoms with Gasteiger partial charge in [0.2, 0.25) is 9.84 Å². The Labute approximate surface area is 157 Å². The van der Waals surface area contributed by atoms with Gasteiger partial charge < -0.3 is 5.11 Å². The molecule has 7 heteroatoms. The number of rotatable bonds is 4. The Kier molecular flexibility index (Phi) is 4.81. The van der Waals surface area contributed by atoms with Gasteiger partial charge in [0, 0.05) is 0 Å². The summed E-state index contributed by atoms with van der Waals surface area (Å²) in [6.07, 6.45) is 0. The molecule has 1 heterocycles. The molecule has 0 saturated heterocycles. The van der Waals surface area contributed by atoms with E-state index in [-0.39, 0.29) is 18.5 Å². The molecule has 0 bridgehead atoms. The number of hydrogen-bond donors (Lipinski definition) is 1. The van der Waals surface area contributed by atoms with E-state index in [0.717, 1.165) is 28.0 Å². The average molecular weight is 437 g/mol. The van der Waals surface area contributed by atoms with Crippen LogP contribution in [0.15, 0.2) is 68.2 Å². The van der Waals surface area contributed by atoms with Gasteiger partial charge in [-0.25, -0.2) is 13.2 Å². The molecule has 25 heavy (non-hydrogen) atoms. The van der Waals surface area contributed by atoms with Crippen molar-refractivity contribution in [1.82, 2.24) is 0 Å². The molecule has 1 aromatic heterocycles. The predicted octanol–water partition coefficient (Wildman–Crippen LogP) is 5.02. The number of halogens is 1. The van der Waals surface area contributed by atoms with Crippen LogP contribution in [0.3, 0.4) is 0 Å². The molecule has 1 N–H and O–H groups in total. The topological polar surface area (TPSA) is 71.4 Å². The molecule has 2 aromatic carbocycles. The van der Waals surface area contributed by atoms with E-state index in [1.807, 2.05) is 37.3 Å². The van der Waals surface area contributed by atoms with Crippen LogP contribution >= 0.6 is 27.3 Å². The number of carboxylic acids is 1. The van der Waals surface area contributed by atoms with E-state index in [0.29, 0.717) is 0 Å². The first-order chi connectivity index (χ1) is 11.8. The molecular weight excluding hydrogens is 424 g/mol. The summed E-state index contributed by atoms with van der Waals surface area (Å²) in [6, 6.07) is 15.6. The van der Waals surface area contributed by atoms with E-state index in [4.69, 9.17) is 5.11 Å². The molecule has 0 fully saturated rings. The quantitative estimate of drug-likeness (QED) is 0.623. The van der Waals surface area contributed by atoms with Crippen molar-refractivity contribution in [3.8, 4) is 11.1 Å². The second-order valence-corrected chi connectivity index (χ2v) is 9.69. The largest absolute Gasteiger partial charge is 0.477 e. The molecule has 128 valence electrons. The minimum absolute atomic E-state index is 0.0273. The number of carboxylic acid groups (broad SMARTS) is 1. The highest BCUT2D eigenvalue weighted by molar-refractivity contribution is 9.11. The first-order valence-electron chi connectivity index (χ1n) is 7.24. The SMILES string of the molecule is Cc1ccccc1-c1cccc(S(=O)(=O)c2cc(C(=O)O)sc2Br)c1. The van der Waals surface area contributed by atoms with Crippen molar-refractivity contribution in [2.24, 2.45) is 0 Å². The second kappa shape index (κ2) is 6.74. The Balaban J connectivity index is 2.12. The molecule has 3 aromatic rings. The van der Waals surface area contributed by atoms with Crippen molar-refractivity contribution in [2.45, 2.75) is 16.7 Å². The van der Waals surface area contributed by atoms with Crippen LogP contribution < -0.4 is 0 Å². The third-order valence-electron chi connectivity index (χ3n) is 3.76. The molecule has 0 amide bonds. The average Bonchev–Trinajstić information content (AvgIpc) is 2.98. The van der Waals surface area contributed by atoms with Gasteiger partial charge in [-0.2, -0.15) is 0 Å². The first-order valence-corrected chi connectivity index (χ1v) is 10.3. The zero-order valence-corrected chi connectivity index (χ0v) is 16.3. The van der Waals surface area contributed by atoms with Crippen molar-refractivity contribution in [1.29, 1.82) is 0 Å². The minimum atomic E-state index is -3.83. The van der Waals surface area contributed by atoms with E-state index in [9.17, 15) is 13.2 Å². The number of thiophene rings is 1. The van der Waals surface area contributed by atoms with E-state index in [1.165, 1.54) is 12.1 Å². The highest BCUT2D eigenvalue weighted by Gasteiger charge is 2.25. The van der Waals surface area contributed by atoms with Crippen LogP contribution in [0.25, 0.3) is 11.1 Å². The lowest BCUT2D eigenvalue weighted by Gasteiger charge is -2.09. The molecule has 0 aliphatic carbocycles. The molecule has 0 atom stereocenters. The van der Waals surface area contributed by atoms with Crippen LogP contribution in [-0.2, 0) is 9.84 Å². The van der Waals surface area contributed by atoms with E-state index in [2.05, 4.69) is 15.9 Å². The van der Waals surface area contributed by atoms with Gasteiger partial charge in [0.05, 0.1) is 13.6 Å². The molecule has 0 spiro atoms. The second-order valence-electron chi connectivity index (χ2n) is 5.40. The predicted molar refractivity (Wildman–Crippen MR) is 101 cm³/mol. The maximum absolute atomic E-state index is 12.9. The van der Waals surface area contributed by atoms with Crippen molar-refractivity contribution in [2.75, 3.05) is 0 Å². The molecular formula is C18H13BrO4S2. The Morgan fingerprint density at radius 1 is 1.08 bits per heavy atom. The number of carbonyl (C=O) groups is 1. The Morgan fingerprint density at radius 3 is 2.44 bits per heavy atom. The maximum atomic E-state index is 12.9. The van der Waals surface area contributed by atoms with Crippen molar-refractivity contribution in [3.63, 3.8) is 0 Å². The lowest BCUT2D eigenvalue weighted by atomic mass is 10.0. The van der Waals surface area contributed by atoms with E-state index < -0.39 is 15.8 Å². The smallest absolute Gasteiger partial charge is 0.345 e. The lowest BCUT2D eigenvalue weighted by Crippen LogP contribution is -2.02. The van der Waals surface area contributed by atoms with Crippen molar-refractivity contribution in [3.05, 3.63) is 68.8 Å². The Bertz CT molecular complexity index is 1070. The third-order valence-corrected chi connectivity index (χ3v) is 7.75. The van der Waals surface area contributed by atoms with E-state index in [1.54, 1.807) is 12.1 Å². The molecule has 0 saturated carbocycles. The normalized spacial score (nSPS) is 11.4. The van der Waals surface area contributed by atoms with Gasteiger partial charge in [0.1, 0.15) is 4.88 Å². The van der Waals surface area contributed by atoms with Gasteiger partial charge in [-0.15, -0.1) is 11.3 Å². The summed E-state index contributed by atoms with van der Waals surface area (Å²) in [5.74, 6) is -1.15. The fourth-order valence-corrected chi connectivity index (χ4v) is 6.20. The number of benzene rings is 2. The zero-order valence-electron chi connectivity index (χ0n) is 13.1. The van der Waals surface area contributed by atoms with Crippen LogP contribution in [0.1, 0.15) is 15.2 Å². The molecule has 4 nitrogen and oxygen atoms in total. The highest BCUT2D eigenvalue weighted by atomic mass is 79.9. The summed E-state index contributed by atoms with van der Waals surface area (Å²) in [4.78, 5) is 11.2. The van der Waals surface area contributed by atoms with Crippen molar-refractivity contribution >= 4 is 43.1 Å². The summed E-state index contributed by atoms with van der Waals surface area (Å²) in [5.41, 5.74) is 2.79. The van der Waals surface area contributed by atoms with Gasteiger partial charge in [-0.05, 0) is 57.7 Å².